The van der Waals surface area contributed by atoms with Gasteiger partial charge in [-0.3, -0.25) is 9.78 Å². The third kappa shape index (κ3) is 3.04. The summed E-state index contributed by atoms with van der Waals surface area (Å²) in [6.07, 6.45) is 4.05. The number of rotatable bonds is 3. The van der Waals surface area contributed by atoms with Gasteiger partial charge >= 0.3 is 0 Å². The average Bonchev–Trinajstić information content (AvgIpc) is 3.43. The van der Waals surface area contributed by atoms with Crippen molar-refractivity contribution in [2.45, 2.75) is 18.4 Å². The molecule has 1 aromatic carbocycles. The SMILES string of the molecule is O=c1c2c(-c3ccnc(F)c3)csc2ccn1[C@@H]1C[C@@H]1c1ccc2cc(F)ccc2n1. The van der Waals surface area contributed by atoms with Crippen LogP contribution in [0.25, 0.3) is 32.1 Å². The van der Waals surface area contributed by atoms with Gasteiger partial charge in [0.1, 0.15) is 5.82 Å². The number of halogens is 2. The normalized spacial score (nSPS) is 18.0. The monoisotopic (exact) mass is 431 g/mol. The Morgan fingerprint density at radius 3 is 2.84 bits per heavy atom. The van der Waals surface area contributed by atoms with E-state index in [0.717, 1.165) is 33.3 Å². The number of aromatic nitrogens is 3. The average molecular weight is 431 g/mol. The fourth-order valence-electron chi connectivity index (χ4n) is 4.23. The highest BCUT2D eigenvalue weighted by molar-refractivity contribution is 7.17. The van der Waals surface area contributed by atoms with Crippen LogP contribution in [0.1, 0.15) is 24.1 Å². The van der Waals surface area contributed by atoms with Gasteiger partial charge < -0.3 is 4.57 Å². The number of fused-ring (bicyclic) bond motifs is 2. The van der Waals surface area contributed by atoms with Crippen LogP contribution in [0.2, 0.25) is 0 Å². The molecule has 6 rings (SSSR count). The summed E-state index contributed by atoms with van der Waals surface area (Å²) in [5.41, 5.74) is 2.93. The van der Waals surface area contributed by atoms with Gasteiger partial charge in [0.15, 0.2) is 0 Å². The molecule has 7 heteroatoms. The first-order valence-electron chi connectivity index (χ1n) is 9.89. The maximum atomic E-state index is 13.6. The Morgan fingerprint density at radius 1 is 1.06 bits per heavy atom. The molecule has 4 aromatic heterocycles. The molecular formula is C24H15F2N3OS. The van der Waals surface area contributed by atoms with Crippen LogP contribution >= 0.6 is 11.3 Å². The first-order chi connectivity index (χ1) is 15.1. The number of thiophene rings is 1. The van der Waals surface area contributed by atoms with Crippen LogP contribution in [0.3, 0.4) is 0 Å². The van der Waals surface area contributed by atoms with Crippen LogP contribution < -0.4 is 5.56 Å². The standard InChI is InChI=1S/C24H15F2N3OS/c25-15-2-4-18-14(9-15)1-3-19(28-18)16-11-20(16)29-8-6-21-23(24(29)30)17(12-31-21)13-5-7-27-22(26)10-13/h1-10,12,16,20H,11H2/t16-,20-/m1/s1. The highest BCUT2D eigenvalue weighted by Gasteiger charge is 2.41. The molecule has 0 bridgehead atoms. The fourth-order valence-corrected chi connectivity index (χ4v) is 5.18. The second-order valence-electron chi connectivity index (χ2n) is 7.77. The molecule has 0 N–H and O–H groups in total. The zero-order valence-electron chi connectivity index (χ0n) is 16.1. The van der Waals surface area contributed by atoms with Crippen molar-refractivity contribution in [3.05, 3.63) is 94.1 Å². The van der Waals surface area contributed by atoms with Crippen LogP contribution in [0, 0.1) is 11.8 Å². The van der Waals surface area contributed by atoms with Crippen molar-refractivity contribution in [3.8, 4) is 11.1 Å². The molecule has 0 amide bonds. The number of benzene rings is 1. The van der Waals surface area contributed by atoms with E-state index in [4.69, 9.17) is 0 Å². The molecule has 31 heavy (non-hydrogen) atoms. The lowest BCUT2D eigenvalue weighted by molar-refractivity contribution is 0.584. The van der Waals surface area contributed by atoms with Crippen LogP contribution in [-0.2, 0) is 0 Å². The lowest BCUT2D eigenvalue weighted by Crippen LogP contribution is -2.18. The van der Waals surface area contributed by atoms with Gasteiger partial charge in [0.05, 0.1) is 10.9 Å². The van der Waals surface area contributed by atoms with Gasteiger partial charge in [-0.1, -0.05) is 6.07 Å². The van der Waals surface area contributed by atoms with E-state index in [-0.39, 0.29) is 23.3 Å². The van der Waals surface area contributed by atoms with Gasteiger partial charge in [0.25, 0.3) is 5.56 Å². The lowest BCUT2D eigenvalue weighted by Gasteiger charge is -2.07. The number of pyridine rings is 3. The second kappa shape index (κ2) is 6.78. The molecule has 2 atom stereocenters. The third-order valence-corrected chi connectivity index (χ3v) is 6.81. The zero-order valence-corrected chi connectivity index (χ0v) is 16.9. The van der Waals surface area contributed by atoms with Gasteiger partial charge in [-0.25, -0.2) is 9.37 Å². The quantitative estimate of drug-likeness (QED) is 0.345. The summed E-state index contributed by atoms with van der Waals surface area (Å²) in [4.78, 5) is 21.7. The smallest absolute Gasteiger partial charge is 0.260 e. The molecule has 152 valence electrons. The summed E-state index contributed by atoms with van der Waals surface area (Å²) in [5, 5.41) is 3.25. The van der Waals surface area contributed by atoms with E-state index in [0.29, 0.717) is 10.9 Å². The van der Waals surface area contributed by atoms with E-state index < -0.39 is 5.95 Å². The summed E-state index contributed by atoms with van der Waals surface area (Å²) >= 11 is 1.47. The second-order valence-corrected chi connectivity index (χ2v) is 8.68. The molecule has 5 aromatic rings. The highest BCUT2D eigenvalue weighted by atomic mass is 32.1. The molecule has 0 radical (unpaired) electrons. The predicted molar refractivity (Wildman–Crippen MR) is 117 cm³/mol. The summed E-state index contributed by atoms with van der Waals surface area (Å²) < 4.78 is 29.7. The van der Waals surface area contributed by atoms with Crippen molar-refractivity contribution in [2.75, 3.05) is 0 Å². The summed E-state index contributed by atoms with van der Waals surface area (Å²) in [5.74, 6) is -0.727. The van der Waals surface area contributed by atoms with Crippen molar-refractivity contribution >= 4 is 32.3 Å². The molecule has 0 saturated heterocycles. The predicted octanol–water partition coefficient (Wildman–Crippen LogP) is 5.68. The van der Waals surface area contributed by atoms with E-state index in [9.17, 15) is 13.6 Å². The van der Waals surface area contributed by atoms with Crippen LogP contribution in [0.15, 0.2) is 71.1 Å². The number of hydrogen-bond acceptors (Lipinski definition) is 4. The first kappa shape index (κ1) is 18.3. The maximum Gasteiger partial charge on any atom is 0.260 e. The fraction of sp³-hybridized carbons (Fsp3) is 0.125. The van der Waals surface area contributed by atoms with Gasteiger partial charge in [-0.2, -0.15) is 4.39 Å². The van der Waals surface area contributed by atoms with E-state index >= 15 is 0 Å². The molecule has 0 spiro atoms. The van der Waals surface area contributed by atoms with Crippen molar-refractivity contribution in [1.29, 1.82) is 0 Å². The molecule has 1 aliphatic carbocycles. The summed E-state index contributed by atoms with van der Waals surface area (Å²) in [6.45, 7) is 0. The van der Waals surface area contributed by atoms with Crippen LogP contribution in [0.4, 0.5) is 8.78 Å². The molecule has 1 fully saturated rings. The summed E-state index contributed by atoms with van der Waals surface area (Å²) in [7, 11) is 0. The minimum Gasteiger partial charge on any atom is -0.311 e. The molecule has 4 nitrogen and oxygen atoms in total. The van der Waals surface area contributed by atoms with E-state index in [1.807, 2.05) is 29.8 Å². The molecule has 1 aliphatic rings. The summed E-state index contributed by atoms with van der Waals surface area (Å²) in [6, 6.07) is 13.3. The van der Waals surface area contributed by atoms with Crippen molar-refractivity contribution in [3.63, 3.8) is 0 Å². The van der Waals surface area contributed by atoms with E-state index in [2.05, 4.69) is 9.97 Å². The number of hydrogen-bond donors (Lipinski definition) is 0. The first-order valence-corrected chi connectivity index (χ1v) is 10.8. The molecule has 4 heterocycles. The Kier molecular flexibility index (Phi) is 4.01. The molecule has 1 saturated carbocycles. The van der Waals surface area contributed by atoms with Gasteiger partial charge in [0.2, 0.25) is 5.95 Å². The Labute approximate surface area is 179 Å². The molecular weight excluding hydrogens is 416 g/mol. The van der Waals surface area contributed by atoms with Gasteiger partial charge in [-0.05, 0) is 48.4 Å². The minimum absolute atomic E-state index is 0.0178. The Hall–Kier alpha value is -3.45. The lowest BCUT2D eigenvalue weighted by atomic mass is 10.1. The topological polar surface area (TPSA) is 47.8 Å². The molecule has 0 unspecified atom stereocenters. The van der Waals surface area contributed by atoms with E-state index in [1.165, 1.54) is 35.7 Å². The van der Waals surface area contributed by atoms with Gasteiger partial charge in [0, 0.05) is 57.1 Å². The van der Waals surface area contributed by atoms with Crippen molar-refractivity contribution < 1.29 is 8.78 Å². The number of nitrogens with zero attached hydrogens (tertiary/aromatic N) is 3. The Bertz CT molecular complexity index is 1540. The Balaban J connectivity index is 1.39. The van der Waals surface area contributed by atoms with Crippen LogP contribution in [0.5, 0.6) is 0 Å². The van der Waals surface area contributed by atoms with Gasteiger partial charge in [-0.15, -0.1) is 11.3 Å². The maximum absolute atomic E-state index is 13.6. The Morgan fingerprint density at radius 2 is 1.97 bits per heavy atom. The van der Waals surface area contributed by atoms with Crippen molar-refractivity contribution in [1.82, 2.24) is 14.5 Å². The largest absolute Gasteiger partial charge is 0.311 e. The van der Waals surface area contributed by atoms with Crippen molar-refractivity contribution in [2.24, 2.45) is 0 Å². The van der Waals surface area contributed by atoms with Crippen LogP contribution in [-0.4, -0.2) is 14.5 Å². The highest BCUT2D eigenvalue weighted by Crippen LogP contribution is 2.50. The third-order valence-electron chi connectivity index (χ3n) is 5.86. The zero-order chi connectivity index (χ0) is 21.1. The molecule has 0 aliphatic heterocycles. The van der Waals surface area contributed by atoms with E-state index in [1.54, 1.807) is 16.7 Å². The minimum atomic E-state index is -0.572.